The van der Waals surface area contributed by atoms with Gasteiger partial charge >= 0.3 is 0 Å². The fraction of sp³-hybridized carbons (Fsp3) is 0.273. The maximum atomic E-state index is 8.28. The second kappa shape index (κ2) is 5.99. The minimum atomic E-state index is -0.334. The summed E-state index contributed by atoms with van der Waals surface area (Å²) in [6.07, 6.45) is 7.46. The molecule has 124 valence electrons. The van der Waals surface area contributed by atoms with Crippen LogP contribution in [0.2, 0.25) is 0 Å². The number of pyridine rings is 2. The van der Waals surface area contributed by atoms with Crippen LogP contribution < -0.4 is 0 Å². The van der Waals surface area contributed by atoms with Gasteiger partial charge in [-0.1, -0.05) is 37.4 Å². The van der Waals surface area contributed by atoms with E-state index in [9.17, 15) is 0 Å². The van der Waals surface area contributed by atoms with Crippen molar-refractivity contribution in [3.63, 3.8) is 0 Å². The molecule has 1 aromatic carbocycles. The summed E-state index contributed by atoms with van der Waals surface area (Å²) in [4.78, 5) is 8.85. The molecule has 0 unspecified atom stereocenters. The Morgan fingerprint density at radius 3 is 2.88 bits per heavy atom. The summed E-state index contributed by atoms with van der Waals surface area (Å²) in [5, 5.41) is 1.93. The predicted molar refractivity (Wildman–Crippen MR) is 101 cm³/mol. The van der Waals surface area contributed by atoms with E-state index < -0.39 is 0 Å². The molecular formula is C22H20N2O. The second-order valence-electron chi connectivity index (χ2n) is 6.64. The number of para-hydroxylation sites is 1. The molecule has 0 amide bonds. The Bertz CT molecular complexity index is 1250. The van der Waals surface area contributed by atoms with E-state index in [1.54, 1.807) is 12.3 Å². The maximum absolute atomic E-state index is 8.28. The molecule has 1 aliphatic rings. The molecule has 3 heterocycles. The van der Waals surface area contributed by atoms with Gasteiger partial charge < -0.3 is 4.42 Å². The van der Waals surface area contributed by atoms with E-state index in [0.29, 0.717) is 17.1 Å². The van der Waals surface area contributed by atoms with Crippen LogP contribution in [0.25, 0.3) is 33.2 Å². The van der Waals surface area contributed by atoms with Crippen molar-refractivity contribution in [2.45, 2.75) is 38.0 Å². The van der Waals surface area contributed by atoms with Crippen molar-refractivity contribution >= 4 is 21.9 Å². The zero-order chi connectivity index (χ0) is 20.1. The molecule has 0 aliphatic heterocycles. The molecule has 0 bridgehead atoms. The zero-order valence-electron chi connectivity index (χ0n) is 17.8. The van der Waals surface area contributed by atoms with Gasteiger partial charge in [-0.15, -0.1) is 0 Å². The number of nitrogens with zero attached hydrogens (tertiary/aromatic N) is 2. The van der Waals surface area contributed by atoms with Crippen LogP contribution in [0, 0.1) is 0 Å². The van der Waals surface area contributed by atoms with E-state index in [0.717, 1.165) is 34.9 Å². The highest BCUT2D eigenvalue weighted by Crippen LogP contribution is 2.41. The maximum Gasteiger partial charge on any atom is 0.144 e. The van der Waals surface area contributed by atoms with E-state index in [4.69, 9.17) is 14.9 Å². The number of aromatic nitrogens is 2. The third-order valence-electron chi connectivity index (χ3n) is 5.15. The molecule has 0 radical (unpaired) electrons. The Labute approximate surface area is 152 Å². The van der Waals surface area contributed by atoms with Crippen molar-refractivity contribution in [2.75, 3.05) is 0 Å². The van der Waals surface area contributed by atoms with Crippen LogP contribution in [0.15, 0.2) is 59.2 Å². The molecule has 0 saturated heterocycles. The summed E-state index contributed by atoms with van der Waals surface area (Å²) >= 11 is 0. The molecule has 0 N–H and O–H groups in total. The van der Waals surface area contributed by atoms with Gasteiger partial charge in [0.1, 0.15) is 11.2 Å². The van der Waals surface area contributed by atoms with Gasteiger partial charge in [-0.3, -0.25) is 9.97 Å². The fourth-order valence-electron chi connectivity index (χ4n) is 4.00. The molecule has 0 atom stereocenters. The summed E-state index contributed by atoms with van der Waals surface area (Å²) in [5.41, 5.74) is 3.18. The summed E-state index contributed by atoms with van der Waals surface area (Å²) in [7, 11) is 0. The molecule has 1 fully saturated rings. The quantitative estimate of drug-likeness (QED) is 0.446. The number of rotatable bonds is 2. The Hall–Kier alpha value is -2.68. The van der Waals surface area contributed by atoms with Gasteiger partial charge in [-0.05, 0) is 37.1 Å². The van der Waals surface area contributed by atoms with Gasteiger partial charge in [0.2, 0.25) is 0 Å². The monoisotopic (exact) mass is 332 g/mol. The van der Waals surface area contributed by atoms with Gasteiger partial charge in [0.05, 0.1) is 22.3 Å². The highest BCUT2D eigenvalue weighted by Gasteiger charge is 2.22. The van der Waals surface area contributed by atoms with Crippen molar-refractivity contribution in [2.24, 2.45) is 0 Å². The van der Waals surface area contributed by atoms with E-state index in [-0.39, 0.29) is 30.0 Å². The number of fused-ring (bicyclic) bond motifs is 3. The molecule has 25 heavy (non-hydrogen) atoms. The zero-order valence-corrected chi connectivity index (χ0v) is 13.8. The van der Waals surface area contributed by atoms with E-state index in [2.05, 4.69) is 4.98 Å². The van der Waals surface area contributed by atoms with Crippen molar-refractivity contribution in [3.8, 4) is 11.3 Å². The van der Waals surface area contributed by atoms with Crippen LogP contribution in [0.1, 0.15) is 49.2 Å². The molecule has 3 heteroatoms. The minimum absolute atomic E-state index is 0.162. The average molecular weight is 332 g/mol. The second-order valence-corrected chi connectivity index (χ2v) is 6.64. The van der Waals surface area contributed by atoms with Gasteiger partial charge in [0.15, 0.2) is 0 Å². The van der Waals surface area contributed by atoms with Crippen molar-refractivity contribution in [3.05, 3.63) is 60.5 Å². The molecule has 5 rings (SSSR count). The lowest BCUT2D eigenvalue weighted by molar-refractivity contribution is 0.439. The van der Waals surface area contributed by atoms with Crippen LogP contribution >= 0.6 is 0 Å². The van der Waals surface area contributed by atoms with Gasteiger partial charge in [0, 0.05) is 29.2 Å². The molecule has 0 spiro atoms. The lowest BCUT2D eigenvalue weighted by Crippen LogP contribution is -2.06. The van der Waals surface area contributed by atoms with Gasteiger partial charge in [0.25, 0.3) is 0 Å². The predicted octanol–water partition coefficient (Wildman–Crippen LogP) is 6.09. The third-order valence-corrected chi connectivity index (χ3v) is 5.15. The number of hydrogen-bond acceptors (Lipinski definition) is 3. The first-order chi connectivity index (χ1) is 14.1. The summed E-state index contributed by atoms with van der Waals surface area (Å²) in [6.45, 7) is 0. The lowest BCUT2D eigenvalue weighted by atomic mass is 9.85. The molecule has 1 saturated carbocycles. The Kier molecular flexibility index (Phi) is 2.65. The Morgan fingerprint density at radius 1 is 1.04 bits per heavy atom. The standard InChI is InChI=1S/C22H20N2O/c1-2-7-15(8-3-1)21-20-17-10-6-9-16(18-11-4-5-13-23-18)22(17)25-19(20)12-14-24-21/h4-6,9-15H,1-3,7-8H2/i4D,5D,11D,13D. The topological polar surface area (TPSA) is 38.9 Å². The van der Waals surface area contributed by atoms with Gasteiger partial charge in [-0.25, -0.2) is 0 Å². The third kappa shape index (κ3) is 2.42. The number of benzene rings is 1. The fourth-order valence-corrected chi connectivity index (χ4v) is 4.00. The van der Waals surface area contributed by atoms with Crippen molar-refractivity contribution in [1.29, 1.82) is 0 Å². The first-order valence-corrected chi connectivity index (χ1v) is 8.81. The van der Waals surface area contributed by atoms with Crippen LogP contribution in [-0.4, -0.2) is 9.97 Å². The smallest absolute Gasteiger partial charge is 0.144 e. The molecule has 3 nitrogen and oxygen atoms in total. The molecule has 3 aromatic heterocycles. The van der Waals surface area contributed by atoms with E-state index in [1.807, 2.05) is 18.2 Å². The summed E-state index contributed by atoms with van der Waals surface area (Å²) in [5.74, 6) is 0.420. The molecule has 1 aliphatic carbocycles. The van der Waals surface area contributed by atoms with Crippen LogP contribution in [-0.2, 0) is 0 Å². The number of hydrogen-bond donors (Lipinski definition) is 0. The van der Waals surface area contributed by atoms with Crippen molar-refractivity contribution in [1.82, 2.24) is 9.97 Å². The van der Waals surface area contributed by atoms with E-state index in [1.165, 1.54) is 19.3 Å². The molecular weight excluding hydrogens is 308 g/mol. The van der Waals surface area contributed by atoms with Crippen LogP contribution in [0.3, 0.4) is 0 Å². The van der Waals surface area contributed by atoms with E-state index >= 15 is 0 Å². The van der Waals surface area contributed by atoms with Gasteiger partial charge in [-0.2, -0.15) is 0 Å². The summed E-state index contributed by atoms with van der Waals surface area (Å²) < 4.78 is 38.1. The van der Waals surface area contributed by atoms with Crippen molar-refractivity contribution < 1.29 is 9.90 Å². The highest BCUT2D eigenvalue weighted by atomic mass is 16.3. The highest BCUT2D eigenvalue weighted by molar-refractivity contribution is 6.10. The first kappa shape index (κ1) is 11.0. The first-order valence-electron chi connectivity index (χ1n) is 10.8. The molecule has 4 aromatic rings. The minimum Gasteiger partial charge on any atom is -0.455 e. The lowest BCUT2D eigenvalue weighted by Gasteiger charge is -2.21. The van der Waals surface area contributed by atoms with Crippen LogP contribution in [0.5, 0.6) is 0 Å². The Balaban J connectivity index is 1.78. The Morgan fingerprint density at radius 2 is 1.96 bits per heavy atom. The summed E-state index contributed by atoms with van der Waals surface area (Å²) in [6, 6.07) is 6.74. The average Bonchev–Trinajstić information content (AvgIpc) is 3.14. The van der Waals surface area contributed by atoms with Crippen LogP contribution in [0.4, 0.5) is 0 Å². The number of furan rings is 1. The largest absolute Gasteiger partial charge is 0.455 e. The normalized spacial score (nSPS) is 18.1. The SMILES string of the molecule is [2H]c1nc(-c2cccc3c2oc2ccnc(C4CCCCC4)c23)c([2H])c([2H])c1[2H].